The van der Waals surface area contributed by atoms with Gasteiger partial charge in [-0.25, -0.2) is 4.39 Å². The standard InChI is InChI=1S/C15H13FN2O/c1-19-15-7-6-10(8-13(15)16)12(9-17)11-4-2-3-5-14(11)18/h2-8,12H,18H2,1H3. The average Bonchev–Trinajstić information content (AvgIpc) is 2.42. The fraction of sp³-hybridized carbons (Fsp3) is 0.133. The summed E-state index contributed by atoms with van der Waals surface area (Å²) in [5.41, 5.74) is 7.61. The molecule has 0 aliphatic carbocycles. The van der Waals surface area contributed by atoms with Crippen molar-refractivity contribution in [2.24, 2.45) is 0 Å². The van der Waals surface area contributed by atoms with Crippen LogP contribution in [0.2, 0.25) is 0 Å². The number of methoxy groups -OCH3 is 1. The summed E-state index contributed by atoms with van der Waals surface area (Å²) >= 11 is 0. The molecular formula is C15H13FN2O. The Balaban J connectivity index is 2.47. The molecular weight excluding hydrogens is 243 g/mol. The second-order valence-electron chi connectivity index (χ2n) is 4.09. The molecule has 2 N–H and O–H groups in total. The number of rotatable bonds is 3. The highest BCUT2D eigenvalue weighted by Crippen LogP contribution is 2.30. The molecule has 0 bridgehead atoms. The van der Waals surface area contributed by atoms with Gasteiger partial charge in [-0.1, -0.05) is 24.3 Å². The lowest BCUT2D eigenvalue weighted by Crippen LogP contribution is -2.03. The first-order chi connectivity index (χ1) is 9.17. The second kappa shape index (κ2) is 5.40. The molecule has 96 valence electrons. The van der Waals surface area contributed by atoms with Crippen molar-refractivity contribution in [1.29, 1.82) is 5.26 Å². The third kappa shape index (κ3) is 2.50. The number of nitriles is 1. The van der Waals surface area contributed by atoms with Crippen LogP contribution in [0, 0.1) is 17.1 Å². The Morgan fingerprint density at radius 3 is 2.58 bits per heavy atom. The van der Waals surface area contributed by atoms with Crippen molar-refractivity contribution in [2.75, 3.05) is 12.8 Å². The molecule has 1 atom stereocenters. The predicted molar refractivity (Wildman–Crippen MR) is 71.3 cm³/mol. The fourth-order valence-corrected chi connectivity index (χ4v) is 1.96. The number of nitrogen functional groups attached to an aromatic ring is 1. The van der Waals surface area contributed by atoms with E-state index in [0.717, 1.165) is 0 Å². The van der Waals surface area contributed by atoms with Gasteiger partial charge in [0.05, 0.1) is 19.1 Å². The van der Waals surface area contributed by atoms with E-state index in [1.54, 1.807) is 30.3 Å². The molecule has 1 unspecified atom stereocenters. The van der Waals surface area contributed by atoms with Crippen LogP contribution in [0.25, 0.3) is 0 Å². The van der Waals surface area contributed by atoms with Crippen LogP contribution in [0.15, 0.2) is 42.5 Å². The van der Waals surface area contributed by atoms with Crippen molar-refractivity contribution < 1.29 is 9.13 Å². The van der Waals surface area contributed by atoms with E-state index in [0.29, 0.717) is 16.8 Å². The Hall–Kier alpha value is -2.54. The molecule has 0 radical (unpaired) electrons. The van der Waals surface area contributed by atoms with Crippen LogP contribution in [0.3, 0.4) is 0 Å². The Morgan fingerprint density at radius 1 is 1.26 bits per heavy atom. The molecule has 0 saturated heterocycles. The zero-order chi connectivity index (χ0) is 13.8. The van der Waals surface area contributed by atoms with Crippen LogP contribution in [-0.4, -0.2) is 7.11 Å². The number of hydrogen-bond donors (Lipinski definition) is 1. The second-order valence-corrected chi connectivity index (χ2v) is 4.09. The molecule has 19 heavy (non-hydrogen) atoms. The van der Waals surface area contributed by atoms with Crippen molar-refractivity contribution in [3.05, 3.63) is 59.4 Å². The van der Waals surface area contributed by atoms with Gasteiger partial charge in [0.2, 0.25) is 0 Å². The molecule has 2 rings (SSSR count). The Labute approximate surface area is 111 Å². The summed E-state index contributed by atoms with van der Waals surface area (Å²) in [5, 5.41) is 9.32. The Kier molecular flexibility index (Phi) is 3.67. The molecule has 2 aromatic carbocycles. The Morgan fingerprint density at radius 2 is 2.00 bits per heavy atom. The maximum absolute atomic E-state index is 13.7. The fourth-order valence-electron chi connectivity index (χ4n) is 1.96. The number of halogens is 1. The van der Waals surface area contributed by atoms with E-state index in [2.05, 4.69) is 6.07 Å². The summed E-state index contributed by atoms with van der Waals surface area (Å²) in [5.74, 6) is -0.933. The van der Waals surface area contributed by atoms with E-state index < -0.39 is 11.7 Å². The van der Waals surface area contributed by atoms with Crippen LogP contribution in [0.5, 0.6) is 5.75 Å². The smallest absolute Gasteiger partial charge is 0.165 e. The van der Waals surface area contributed by atoms with Gasteiger partial charge in [-0.05, 0) is 29.3 Å². The highest BCUT2D eigenvalue weighted by molar-refractivity contribution is 5.54. The van der Waals surface area contributed by atoms with Gasteiger partial charge in [0, 0.05) is 5.69 Å². The third-order valence-electron chi connectivity index (χ3n) is 2.95. The van der Waals surface area contributed by atoms with Crippen molar-refractivity contribution in [2.45, 2.75) is 5.92 Å². The molecule has 0 aromatic heterocycles. The van der Waals surface area contributed by atoms with Gasteiger partial charge in [0.1, 0.15) is 0 Å². The number of anilines is 1. The Bertz CT molecular complexity index is 634. The van der Waals surface area contributed by atoms with Crippen LogP contribution < -0.4 is 10.5 Å². The minimum absolute atomic E-state index is 0.154. The minimum Gasteiger partial charge on any atom is -0.494 e. The SMILES string of the molecule is COc1ccc(C(C#N)c2ccccc2N)cc1F. The molecule has 2 aromatic rings. The predicted octanol–water partition coefficient (Wildman–Crippen LogP) is 3.07. The summed E-state index contributed by atoms with van der Waals surface area (Å²) in [7, 11) is 1.40. The van der Waals surface area contributed by atoms with Gasteiger partial charge in [0.25, 0.3) is 0 Å². The lowest BCUT2D eigenvalue weighted by Gasteiger charge is -2.13. The van der Waals surface area contributed by atoms with Crippen LogP contribution in [0.1, 0.15) is 17.0 Å². The van der Waals surface area contributed by atoms with Crippen LogP contribution in [-0.2, 0) is 0 Å². The number of benzene rings is 2. The molecule has 0 fully saturated rings. The first kappa shape index (κ1) is 12.9. The molecule has 0 saturated carbocycles. The minimum atomic E-state index is -0.596. The normalized spacial score (nSPS) is 11.6. The van der Waals surface area contributed by atoms with E-state index in [4.69, 9.17) is 10.5 Å². The maximum atomic E-state index is 13.7. The molecule has 3 nitrogen and oxygen atoms in total. The lowest BCUT2D eigenvalue weighted by atomic mass is 9.91. The van der Waals surface area contributed by atoms with E-state index >= 15 is 0 Å². The number of nitrogens with zero attached hydrogens (tertiary/aromatic N) is 1. The van der Waals surface area contributed by atoms with Gasteiger partial charge in [-0.2, -0.15) is 5.26 Å². The van der Waals surface area contributed by atoms with Gasteiger partial charge in [-0.15, -0.1) is 0 Å². The number of nitrogens with two attached hydrogens (primary N) is 1. The first-order valence-electron chi connectivity index (χ1n) is 5.75. The summed E-state index contributed by atoms with van der Waals surface area (Å²) in [6.07, 6.45) is 0. The number of ether oxygens (including phenoxy) is 1. The van der Waals surface area contributed by atoms with E-state index in [-0.39, 0.29) is 5.75 Å². The molecule has 0 amide bonds. The largest absolute Gasteiger partial charge is 0.494 e. The molecule has 4 heteroatoms. The molecule has 0 aliphatic rings. The quantitative estimate of drug-likeness (QED) is 0.858. The summed E-state index contributed by atoms with van der Waals surface area (Å²) in [4.78, 5) is 0. The van der Waals surface area contributed by atoms with Crippen molar-refractivity contribution in [3.8, 4) is 11.8 Å². The zero-order valence-electron chi connectivity index (χ0n) is 10.4. The topological polar surface area (TPSA) is 59.0 Å². The van der Waals surface area contributed by atoms with E-state index in [1.807, 2.05) is 0 Å². The first-order valence-corrected chi connectivity index (χ1v) is 5.75. The highest BCUT2D eigenvalue weighted by atomic mass is 19.1. The van der Waals surface area contributed by atoms with Crippen molar-refractivity contribution in [3.63, 3.8) is 0 Å². The van der Waals surface area contributed by atoms with Crippen molar-refractivity contribution in [1.82, 2.24) is 0 Å². The molecule has 0 aliphatic heterocycles. The number of hydrogen-bond acceptors (Lipinski definition) is 3. The summed E-state index contributed by atoms with van der Waals surface area (Å²) in [6, 6.07) is 13.7. The molecule has 0 heterocycles. The van der Waals surface area contributed by atoms with E-state index in [9.17, 15) is 9.65 Å². The monoisotopic (exact) mass is 256 g/mol. The number of para-hydroxylation sites is 1. The van der Waals surface area contributed by atoms with Crippen LogP contribution in [0.4, 0.5) is 10.1 Å². The van der Waals surface area contributed by atoms with Gasteiger partial charge in [0.15, 0.2) is 11.6 Å². The van der Waals surface area contributed by atoms with Gasteiger partial charge >= 0.3 is 0 Å². The summed E-state index contributed by atoms with van der Waals surface area (Å²) < 4.78 is 18.6. The van der Waals surface area contributed by atoms with Gasteiger partial charge < -0.3 is 10.5 Å². The zero-order valence-corrected chi connectivity index (χ0v) is 10.4. The third-order valence-corrected chi connectivity index (χ3v) is 2.95. The lowest BCUT2D eigenvalue weighted by molar-refractivity contribution is 0.386. The summed E-state index contributed by atoms with van der Waals surface area (Å²) in [6.45, 7) is 0. The van der Waals surface area contributed by atoms with E-state index in [1.165, 1.54) is 19.2 Å². The van der Waals surface area contributed by atoms with Crippen LogP contribution >= 0.6 is 0 Å². The van der Waals surface area contributed by atoms with Gasteiger partial charge in [-0.3, -0.25) is 0 Å². The maximum Gasteiger partial charge on any atom is 0.165 e. The average molecular weight is 256 g/mol. The van der Waals surface area contributed by atoms with Crippen molar-refractivity contribution >= 4 is 5.69 Å². The molecule has 0 spiro atoms. The highest BCUT2D eigenvalue weighted by Gasteiger charge is 2.17.